The number of benzene rings is 1. The van der Waals surface area contributed by atoms with Crippen molar-refractivity contribution in [2.45, 2.75) is 32.6 Å². The fourth-order valence-corrected chi connectivity index (χ4v) is 2.35. The van der Waals surface area contributed by atoms with E-state index in [-0.39, 0.29) is 5.92 Å². The quantitative estimate of drug-likeness (QED) is 0.615. The van der Waals surface area contributed by atoms with E-state index in [1.54, 1.807) is 7.11 Å². The molecule has 3 nitrogen and oxygen atoms in total. The van der Waals surface area contributed by atoms with Gasteiger partial charge in [0.2, 0.25) is 0 Å². The molecule has 3 heteroatoms. The van der Waals surface area contributed by atoms with Crippen LogP contribution in [0.1, 0.15) is 38.2 Å². The molecular weight excluding hydrogens is 252 g/mol. The minimum absolute atomic E-state index is 0.00447. The minimum Gasteiger partial charge on any atom is -0.382 e. The van der Waals surface area contributed by atoms with E-state index < -0.39 is 0 Å². The van der Waals surface area contributed by atoms with Gasteiger partial charge in [-0.1, -0.05) is 44.2 Å². The van der Waals surface area contributed by atoms with E-state index in [9.17, 15) is 4.79 Å². The lowest BCUT2D eigenvalue weighted by atomic mass is 9.83. The first-order valence-electron chi connectivity index (χ1n) is 7.31. The molecule has 20 heavy (non-hydrogen) atoms. The Morgan fingerprint density at radius 1 is 1.10 bits per heavy atom. The van der Waals surface area contributed by atoms with Crippen molar-refractivity contribution in [2.75, 3.05) is 26.9 Å². The molecule has 0 aliphatic carbocycles. The number of ether oxygens (including phenoxy) is 2. The topological polar surface area (TPSA) is 35.5 Å². The number of hydrogen-bond acceptors (Lipinski definition) is 3. The zero-order valence-electron chi connectivity index (χ0n) is 12.8. The van der Waals surface area contributed by atoms with E-state index in [2.05, 4.69) is 13.8 Å². The molecule has 1 unspecified atom stereocenters. The van der Waals surface area contributed by atoms with Crippen molar-refractivity contribution in [1.82, 2.24) is 0 Å². The van der Waals surface area contributed by atoms with Crippen LogP contribution in [0.25, 0.3) is 0 Å². The number of rotatable bonds is 10. The maximum absolute atomic E-state index is 12.4. The molecule has 0 aliphatic heterocycles. The Morgan fingerprint density at radius 3 is 2.40 bits per heavy atom. The van der Waals surface area contributed by atoms with E-state index in [0.29, 0.717) is 37.9 Å². The van der Waals surface area contributed by atoms with Crippen molar-refractivity contribution in [3.8, 4) is 0 Å². The van der Waals surface area contributed by atoms with E-state index >= 15 is 0 Å². The maximum atomic E-state index is 12.4. The Bertz CT molecular complexity index is 373. The smallest absolute Gasteiger partial charge is 0.140 e. The van der Waals surface area contributed by atoms with Crippen molar-refractivity contribution in [2.24, 2.45) is 5.92 Å². The highest BCUT2D eigenvalue weighted by Gasteiger charge is 2.23. The van der Waals surface area contributed by atoms with Gasteiger partial charge in [0, 0.05) is 26.1 Å². The summed E-state index contributed by atoms with van der Waals surface area (Å²) < 4.78 is 10.3. The summed E-state index contributed by atoms with van der Waals surface area (Å²) >= 11 is 0. The Hall–Kier alpha value is -1.19. The summed E-state index contributed by atoms with van der Waals surface area (Å²) in [5.41, 5.74) is 1.12. The van der Waals surface area contributed by atoms with Crippen LogP contribution in [0.4, 0.5) is 0 Å². The van der Waals surface area contributed by atoms with Crippen LogP contribution in [-0.2, 0) is 14.3 Å². The lowest BCUT2D eigenvalue weighted by molar-refractivity contribution is -0.121. The molecular formula is C17H26O3. The molecule has 0 spiro atoms. The standard InChI is InChI=1S/C17H26O3/c1-14(2)17(15-8-5-4-6-9-15)16(18)10-7-11-20-13-12-19-3/h4-6,8-9,14,17H,7,10-13H2,1-3H3. The van der Waals surface area contributed by atoms with Crippen LogP contribution in [0.15, 0.2) is 30.3 Å². The Balaban J connectivity index is 2.42. The number of carbonyl (C=O) groups is 1. The first kappa shape index (κ1) is 16.9. The maximum Gasteiger partial charge on any atom is 0.140 e. The second kappa shape index (κ2) is 9.67. The Kier molecular flexibility index (Phi) is 8.16. The van der Waals surface area contributed by atoms with Crippen molar-refractivity contribution in [1.29, 1.82) is 0 Å². The van der Waals surface area contributed by atoms with Crippen molar-refractivity contribution in [3.63, 3.8) is 0 Å². The molecule has 1 rings (SSSR count). The fraction of sp³-hybridized carbons (Fsp3) is 0.588. The molecule has 0 bridgehead atoms. The van der Waals surface area contributed by atoms with Gasteiger partial charge in [-0.25, -0.2) is 0 Å². The SMILES string of the molecule is COCCOCCCC(=O)C(c1ccccc1)C(C)C. The lowest BCUT2D eigenvalue weighted by Crippen LogP contribution is -2.18. The minimum atomic E-state index is -0.00447. The average molecular weight is 278 g/mol. The third kappa shape index (κ3) is 5.85. The Morgan fingerprint density at radius 2 is 1.80 bits per heavy atom. The van der Waals surface area contributed by atoms with Gasteiger partial charge in [0.15, 0.2) is 0 Å². The number of hydrogen-bond donors (Lipinski definition) is 0. The summed E-state index contributed by atoms with van der Waals surface area (Å²) in [6.45, 7) is 6.02. The van der Waals surface area contributed by atoms with Crippen LogP contribution < -0.4 is 0 Å². The van der Waals surface area contributed by atoms with Gasteiger partial charge in [0.1, 0.15) is 5.78 Å². The average Bonchev–Trinajstić information content (AvgIpc) is 2.43. The monoisotopic (exact) mass is 278 g/mol. The van der Waals surface area contributed by atoms with E-state index in [4.69, 9.17) is 9.47 Å². The van der Waals surface area contributed by atoms with Crippen LogP contribution in [0.5, 0.6) is 0 Å². The molecule has 112 valence electrons. The van der Waals surface area contributed by atoms with Gasteiger partial charge >= 0.3 is 0 Å². The number of Topliss-reactive ketones (excluding diaryl/α,β-unsaturated/α-hetero) is 1. The van der Waals surface area contributed by atoms with Crippen LogP contribution in [-0.4, -0.2) is 32.7 Å². The first-order valence-corrected chi connectivity index (χ1v) is 7.31. The molecule has 1 aromatic rings. The summed E-state index contributed by atoms with van der Waals surface area (Å²) in [4.78, 5) is 12.4. The third-order valence-electron chi connectivity index (χ3n) is 3.32. The van der Waals surface area contributed by atoms with Gasteiger partial charge < -0.3 is 9.47 Å². The van der Waals surface area contributed by atoms with Crippen LogP contribution in [0, 0.1) is 5.92 Å². The molecule has 0 aliphatic rings. The fourth-order valence-electron chi connectivity index (χ4n) is 2.35. The van der Waals surface area contributed by atoms with Gasteiger partial charge in [-0.3, -0.25) is 4.79 Å². The van der Waals surface area contributed by atoms with Gasteiger partial charge in [-0.2, -0.15) is 0 Å². The molecule has 0 radical (unpaired) electrons. The molecule has 1 atom stereocenters. The first-order chi connectivity index (χ1) is 9.66. The molecule has 0 amide bonds. The zero-order valence-corrected chi connectivity index (χ0v) is 12.8. The predicted octanol–water partition coefficient (Wildman–Crippen LogP) is 3.44. The molecule has 0 N–H and O–H groups in total. The normalized spacial score (nSPS) is 12.6. The summed E-state index contributed by atoms with van der Waals surface area (Å²) in [5.74, 6) is 0.621. The van der Waals surface area contributed by atoms with Gasteiger partial charge in [-0.15, -0.1) is 0 Å². The van der Waals surface area contributed by atoms with Crippen molar-refractivity contribution < 1.29 is 14.3 Å². The van der Waals surface area contributed by atoms with Crippen LogP contribution in [0.2, 0.25) is 0 Å². The zero-order chi connectivity index (χ0) is 14.8. The molecule has 0 saturated carbocycles. The highest BCUT2D eigenvalue weighted by atomic mass is 16.5. The van der Waals surface area contributed by atoms with E-state index in [0.717, 1.165) is 12.0 Å². The predicted molar refractivity (Wildman–Crippen MR) is 81.0 cm³/mol. The number of methoxy groups -OCH3 is 1. The molecule has 1 aromatic carbocycles. The van der Waals surface area contributed by atoms with E-state index in [1.807, 2.05) is 30.3 Å². The third-order valence-corrected chi connectivity index (χ3v) is 3.32. The number of ketones is 1. The molecule has 0 saturated heterocycles. The van der Waals surface area contributed by atoms with Crippen molar-refractivity contribution in [3.05, 3.63) is 35.9 Å². The summed E-state index contributed by atoms with van der Waals surface area (Å²) in [6.07, 6.45) is 1.35. The second-order valence-electron chi connectivity index (χ2n) is 5.31. The lowest BCUT2D eigenvalue weighted by Gasteiger charge is -2.20. The van der Waals surface area contributed by atoms with Crippen LogP contribution in [0.3, 0.4) is 0 Å². The van der Waals surface area contributed by atoms with E-state index in [1.165, 1.54) is 0 Å². The Labute approximate surface area is 122 Å². The highest BCUT2D eigenvalue weighted by Crippen LogP contribution is 2.26. The summed E-state index contributed by atoms with van der Waals surface area (Å²) in [7, 11) is 1.65. The second-order valence-corrected chi connectivity index (χ2v) is 5.31. The van der Waals surface area contributed by atoms with Gasteiger partial charge in [0.25, 0.3) is 0 Å². The largest absolute Gasteiger partial charge is 0.382 e. The summed E-state index contributed by atoms with van der Waals surface area (Å²) in [6, 6.07) is 10.0. The summed E-state index contributed by atoms with van der Waals surface area (Å²) in [5, 5.41) is 0. The molecule has 0 heterocycles. The highest BCUT2D eigenvalue weighted by molar-refractivity contribution is 5.86. The van der Waals surface area contributed by atoms with Gasteiger partial charge in [-0.05, 0) is 17.9 Å². The van der Waals surface area contributed by atoms with Crippen molar-refractivity contribution >= 4 is 5.78 Å². The number of carbonyl (C=O) groups excluding carboxylic acids is 1. The molecule has 0 fully saturated rings. The van der Waals surface area contributed by atoms with Crippen LogP contribution >= 0.6 is 0 Å². The van der Waals surface area contributed by atoms with Gasteiger partial charge in [0.05, 0.1) is 13.2 Å². The molecule has 0 aromatic heterocycles.